The second-order valence-electron chi connectivity index (χ2n) is 5.50. The van der Waals surface area contributed by atoms with Crippen molar-refractivity contribution in [2.45, 2.75) is 13.5 Å². The summed E-state index contributed by atoms with van der Waals surface area (Å²) in [6.07, 6.45) is 3.29. The number of hydrogen-bond acceptors (Lipinski definition) is 2. The smallest absolute Gasteiger partial charge is 0.308 e. The lowest BCUT2D eigenvalue weighted by Crippen LogP contribution is -2.19. The third-order valence-corrected chi connectivity index (χ3v) is 3.42. The van der Waals surface area contributed by atoms with Crippen LogP contribution in [0.1, 0.15) is 11.1 Å². The molecule has 0 aliphatic rings. The number of benzene rings is 2. The van der Waals surface area contributed by atoms with Crippen molar-refractivity contribution < 1.29 is 9.18 Å². The predicted octanol–water partition coefficient (Wildman–Crippen LogP) is 4.02. The Morgan fingerprint density at radius 3 is 2.62 bits per heavy atom. The number of carbonyl (C=O) groups excluding carboxylic acids is 1. The van der Waals surface area contributed by atoms with E-state index < -0.39 is 0 Å². The molecule has 0 atom stereocenters. The predicted molar refractivity (Wildman–Crippen MR) is 91.5 cm³/mol. The lowest BCUT2D eigenvalue weighted by atomic mass is 10.2. The Labute approximate surface area is 139 Å². The average molecular weight is 324 g/mol. The van der Waals surface area contributed by atoms with Crippen molar-refractivity contribution in [2.75, 3.05) is 10.6 Å². The van der Waals surface area contributed by atoms with Gasteiger partial charge in [-0.15, -0.1) is 0 Å². The van der Waals surface area contributed by atoms with Crippen LogP contribution in [0.15, 0.2) is 60.9 Å². The Bertz CT molecular complexity index is 842. The summed E-state index contributed by atoms with van der Waals surface area (Å²) in [7, 11) is 0. The van der Waals surface area contributed by atoms with Crippen LogP contribution in [0.3, 0.4) is 0 Å². The first-order valence-corrected chi connectivity index (χ1v) is 7.50. The highest BCUT2D eigenvalue weighted by Gasteiger charge is 2.05. The molecule has 3 rings (SSSR count). The van der Waals surface area contributed by atoms with Crippen LogP contribution in [0.4, 0.5) is 20.6 Å². The number of nitrogens with zero attached hydrogens (tertiary/aromatic N) is 2. The van der Waals surface area contributed by atoms with Crippen LogP contribution in [0.2, 0.25) is 0 Å². The number of hydrogen-bond donors (Lipinski definition) is 2. The van der Waals surface area contributed by atoms with Crippen LogP contribution in [0.25, 0.3) is 0 Å². The Balaban J connectivity index is 1.59. The summed E-state index contributed by atoms with van der Waals surface area (Å²) in [5, 5.41) is 9.69. The van der Waals surface area contributed by atoms with Crippen LogP contribution in [0, 0.1) is 12.7 Å². The maximum atomic E-state index is 12.9. The van der Waals surface area contributed by atoms with Crippen LogP contribution >= 0.6 is 0 Å². The molecule has 2 amide bonds. The van der Waals surface area contributed by atoms with Crippen LogP contribution < -0.4 is 10.6 Å². The lowest BCUT2D eigenvalue weighted by Gasteiger charge is -2.06. The number of amides is 2. The molecule has 6 heteroatoms. The molecule has 24 heavy (non-hydrogen) atoms. The van der Waals surface area contributed by atoms with Gasteiger partial charge in [-0.2, -0.15) is 5.10 Å². The first kappa shape index (κ1) is 15.7. The molecule has 0 spiro atoms. The number of rotatable bonds is 4. The second-order valence-corrected chi connectivity index (χ2v) is 5.50. The molecule has 1 heterocycles. The van der Waals surface area contributed by atoms with Crippen molar-refractivity contribution in [3.8, 4) is 0 Å². The van der Waals surface area contributed by atoms with Crippen LogP contribution in [-0.4, -0.2) is 15.8 Å². The summed E-state index contributed by atoms with van der Waals surface area (Å²) >= 11 is 0. The zero-order valence-corrected chi connectivity index (χ0v) is 13.2. The van der Waals surface area contributed by atoms with Crippen molar-refractivity contribution in [1.29, 1.82) is 0 Å². The summed E-state index contributed by atoms with van der Waals surface area (Å²) < 4.78 is 14.6. The van der Waals surface area contributed by atoms with E-state index in [1.54, 1.807) is 29.2 Å². The Kier molecular flexibility index (Phi) is 4.56. The molecule has 3 aromatic rings. The van der Waals surface area contributed by atoms with E-state index in [2.05, 4.69) is 15.7 Å². The number of halogens is 1. The van der Waals surface area contributed by atoms with Gasteiger partial charge >= 0.3 is 6.03 Å². The van der Waals surface area contributed by atoms with Gasteiger partial charge in [-0.1, -0.05) is 24.3 Å². The summed E-state index contributed by atoms with van der Waals surface area (Å²) in [5.41, 5.74) is 3.31. The first-order valence-electron chi connectivity index (χ1n) is 7.50. The van der Waals surface area contributed by atoms with Crippen molar-refractivity contribution in [2.24, 2.45) is 0 Å². The maximum Gasteiger partial charge on any atom is 0.323 e. The van der Waals surface area contributed by atoms with E-state index >= 15 is 0 Å². The van der Waals surface area contributed by atoms with Gasteiger partial charge in [-0.25, -0.2) is 9.18 Å². The summed E-state index contributed by atoms with van der Waals surface area (Å²) in [4.78, 5) is 12.0. The van der Waals surface area contributed by atoms with Gasteiger partial charge < -0.3 is 10.6 Å². The minimum absolute atomic E-state index is 0.269. The average Bonchev–Trinajstić information content (AvgIpc) is 2.96. The molecule has 5 nitrogen and oxygen atoms in total. The molecule has 1 aromatic heterocycles. The van der Waals surface area contributed by atoms with Crippen molar-refractivity contribution >= 4 is 17.4 Å². The Morgan fingerprint density at radius 2 is 1.88 bits per heavy atom. The molecule has 0 bridgehead atoms. The normalized spacial score (nSPS) is 10.4. The van der Waals surface area contributed by atoms with Crippen molar-refractivity contribution in [3.63, 3.8) is 0 Å². The molecule has 0 unspecified atom stereocenters. The van der Waals surface area contributed by atoms with Crippen LogP contribution in [0.5, 0.6) is 0 Å². The van der Waals surface area contributed by atoms with E-state index in [1.807, 2.05) is 31.2 Å². The van der Waals surface area contributed by atoms with Crippen molar-refractivity contribution in [1.82, 2.24) is 9.78 Å². The number of nitrogens with one attached hydrogen (secondary N) is 2. The number of urea groups is 1. The van der Waals surface area contributed by atoms with Gasteiger partial charge in [-0.05, 0) is 42.3 Å². The number of anilines is 2. The standard InChI is InChI=1S/C18H17FN4O/c1-13-3-2-4-16(9-13)21-18(24)22-17-10-20-23(12-17)11-14-5-7-15(19)8-6-14/h2-10,12H,11H2,1H3,(H2,21,22,24). The fraction of sp³-hybridized carbons (Fsp3) is 0.111. The van der Waals surface area contributed by atoms with Gasteiger partial charge in [-0.3, -0.25) is 4.68 Å². The summed E-state index contributed by atoms with van der Waals surface area (Å²) in [6.45, 7) is 2.46. The van der Waals surface area contributed by atoms with E-state index in [4.69, 9.17) is 0 Å². The molecule has 2 aromatic carbocycles. The highest BCUT2D eigenvalue weighted by molar-refractivity contribution is 5.99. The van der Waals surface area contributed by atoms with Gasteiger partial charge in [0.15, 0.2) is 0 Å². The molecular weight excluding hydrogens is 307 g/mol. The quantitative estimate of drug-likeness (QED) is 0.761. The number of aryl methyl sites for hydroxylation is 1. The van der Waals surface area contributed by atoms with E-state index in [0.29, 0.717) is 12.2 Å². The molecule has 0 radical (unpaired) electrons. The molecule has 0 aliphatic carbocycles. The summed E-state index contributed by atoms with van der Waals surface area (Å²) in [6, 6.07) is 13.4. The molecule has 0 fully saturated rings. The number of aromatic nitrogens is 2. The Hall–Kier alpha value is -3.15. The third kappa shape index (κ3) is 4.19. The van der Waals surface area contributed by atoms with Gasteiger partial charge in [0.25, 0.3) is 0 Å². The molecule has 0 saturated carbocycles. The molecule has 122 valence electrons. The second kappa shape index (κ2) is 6.95. The molecular formula is C18H17FN4O. The zero-order valence-electron chi connectivity index (χ0n) is 13.2. The topological polar surface area (TPSA) is 59.0 Å². The minimum atomic E-state index is -0.332. The fourth-order valence-electron chi connectivity index (χ4n) is 2.31. The molecule has 0 aliphatic heterocycles. The van der Waals surface area contributed by atoms with E-state index in [9.17, 15) is 9.18 Å². The first-order chi connectivity index (χ1) is 11.6. The van der Waals surface area contributed by atoms with Gasteiger partial charge in [0, 0.05) is 11.9 Å². The lowest BCUT2D eigenvalue weighted by molar-refractivity contribution is 0.262. The zero-order chi connectivity index (χ0) is 16.9. The van der Waals surface area contributed by atoms with Gasteiger partial charge in [0.2, 0.25) is 0 Å². The molecule has 0 saturated heterocycles. The fourth-order valence-corrected chi connectivity index (χ4v) is 2.31. The van der Waals surface area contributed by atoms with Gasteiger partial charge in [0.05, 0.1) is 18.4 Å². The minimum Gasteiger partial charge on any atom is -0.308 e. The third-order valence-electron chi connectivity index (χ3n) is 3.42. The van der Waals surface area contributed by atoms with E-state index in [-0.39, 0.29) is 11.8 Å². The van der Waals surface area contributed by atoms with Gasteiger partial charge in [0.1, 0.15) is 5.82 Å². The molecule has 2 N–H and O–H groups in total. The SMILES string of the molecule is Cc1cccc(NC(=O)Nc2cnn(Cc3ccc(F)cc3)c2)c1. The monoisotopic (exact) mass is 324 g/mol. The number of carbonyl (C=O) groups is 1. The Morgan fingerprint density at radius 1 is 1.12 bits per heavy atom. The highest BCUT2D eigenvalue weighted by atomic mass is 19.1. The van der Waals surface area contributed by atoms with Crippen molar-refractivity contribution in [3.05, 3.63) is 77.9 Å². The summed E-state index contributed by atoms with van der Waals surface area (Å²) in [5.74, 6) is -0.269. The van der Waals surface area contributed by atoms with E-state index in [1.165, 1.54) is 12.1 Å². The maximum absolute atomic E-state index is 12.9. The van der Waals surface area contributed by atoms with Crippen LogP contribution in [-0.2, 0) is 6.54 Å². The van der Waals surface area contributed by atoms with E-state index in [0.717, 1.165) is 16.8 Å². The largest absolute Gasteiger partial charge is 0.323 e. The highest BCUT2D eigenvalue weighted by Crippen LogP contribution is 2.12.